The molecule has 0 saturated carbocycles. The smallest absolute Gasteiger partial charge is 0.237 e. The van der Waals surface area contributed by atoms with E-state index in [4.69, 9.17) is 5.73 Å². The Bertz CT molecular complexity index is 416. The van der Waals surface area contributed by atoms with Crippen LogP contribution in [0.1, 0.15) is 24.0 Å². The number of nitrogens with one attached hydrogen (secondary N) is 1. The molecular formula is C15H23N3O. The number of nitrogens with two attached hydrogens (primary N) is 1. The molecule has 2 rings (SSSR count). The van der Waals surface area contributed by atoms with E-state index in [1.165, 1.54) is 11.1 Å². The molecule has 1 aromatic rings. The molecule has 1 saturated heterocycles. The Morgan fingerprint density at radius 2 is 2.11 bits per heavy atom. The third kappa shape index (κ3) is 3.78. The fraction of sp³-hybridized carbons (Fsp3) is 0.533. The lowest BCUT2D eigenvalue weighted by molar-refractivity contribution is -0.125. The summed E-state index contributed by atoms with van der Waals surface area (Å²) in [5.41, 5.74) is 8.15. The van der Waals surface area contributed by atoms with Crippen molar-refractivity contribution in [3.05, 3.63) is 35.4 Å². The van der Waals surface area contributed by atoms with Gasteiger partial charge in [0.15, 0.2) is 0 Å². The number of benzene rings is 1. The van der Waals surface area contributed by atoms with Gasteiger partial charge in [-0.1, -0.05) is 29.8 Å². The molecule has 0 bridgehead atoms. The first kappa shape index (κ1) is 14.0. The Labute approximate surface area is 115 Å². The van der Waals surface area contributed by atoms with E-state index in [2.05, 4.69) is 41.4 Å². The molecule has 104 valence electrons. The third-order valence-electron chi connectivity index (χ3n) is 3.61. The minimum atomic E-state index is -0.0891. The van der Waals surface area contributed by atoms with Crippen molar-refractivity contribution in [2.24, 2.45) is 5.73 Å². The quantitative estimate of drug-likeness (QED) is 0.851. The maximum atomic E-state index is 12.1. The predicted molar refractivity (Wildman–Crippen MR) is 76.7 cm³/mol. The van der Waals surface area contributed by atoms with Crippen molar-refractivity contribution in [3.63, 3.8) is 0 Å². The number of rotatable bonds is 4. The maximum absolute atomic E-state index is 12.1. The molecule has 0 aliphatic carbocycles. The summed E-state index contributed by atoms with van der Waals surface area (Å²) >= 11 is 0. The van der Waals surface area contributed by atoms with E-state index in [0.29, 0.717) is 6.54 Å². The summed E-state index contributed by atoms with van der Waals surface area (Å²) in [6, 6.07) is 8.42. The number of hydrogen-bond acceptors (Lipinski definition) is 3. The van der Waals surface area contributed by atoms with E-state index >= 15 is 0 Å². The van der Waals surface area contributed by atoms with Gasteiger partial charge in [0.05, 0.1) is 6.04 Å². The first-order chi connectivity index (χ1) is 9.20. The van der Waals surface area contributed by atoms with Crippen molar-refractivity contribution in [2.45, 2.75) is 32.4 Å². The number of aryl methyl sites for hydroxylation is 1. The molecule has 1 atom stereocenters. The molecule has 4 nitrogen and oxygen atoms in total. The van der Waals surface area contributed by atoms with Gasteiger partial charge in [-0.15, -0.1) is 0 Å². The first-order valence-electron chi connectivity index (χ1n) is 6.98. The summed E-state index contributed by atoms with van der Waals surface area (Å²) in [7, 11) is 0. The highest BCUT2D eigenvalue weighted by Gasteiger charge is 2.27. The molecule has 1 fully saturated rings. The lowest BCUT2D eigenvalue weighted by atomic mass is 10.1. The van der Waals surface area contributed by atoms with Gasteiger partial charge < -0.3 is 11.1 Å². The van der Waals surface area contributed by atoms with E-state index in [1.54, 1.807) is 0 Å². The van der Waals surface area contributed by atoms with Crippen molar-refractivity contribution >= 4 is 5.91 Å². The van der Waals surface area contributed by atoms with Crippen molar-refractivity contribution < 1.29 is 4.79 Å². The minimum Gasteiger partial charge on any atom is -0.355 e. The van der Waals surface area contributed by atoms with Crippen LogP contribution in [0.3, 0.4) is 0 Å². The number of amides is 1. The summed E-state index contributed by atoms with van der Waals surface area (Å²) in [6.07, 6.45) is 1.72. The second kappa shape index (κ2) is 6.68. The molecule has 1 heterocycles. The largest absolute Gasteiger partial charge is 0.355 e. The molecule has 1 amide bonds. The summed E-state index contributed by atoms with van der Waals surface area (Å²) < 4.78 is 0. The Hall–Kier alpha value is -1.39. The Balaban J connectivity index is 2.09. The first-order valence-corrected chi connectivity index (χ1v) is 6.98. The molecule has 1 unspecified atom stereocenters. The topological polar surface area (TPSA) is 58.4 Å². The minimum absolute atomic E-state index is 0.0891. The Morgan fingerprint density at radius 3 is 2.79 bits per heavy atom. The fourth-order valence-electron chi connectivity index (χ4n) is 2.52. The van der Waals surface area contributed by atoms with E-state index in [-0.39, 0.29) is 11.9 Å². The van der Waals surface area contributed by atoms with Gasteiger partial charge in [0, 0.05) is 19.6 Å². The number of carbonyl (C=O) groups is 1. The number of hydrogen-bond donors (Lipinski definition) is 2. The second-order valence-electron chi connectivity index (χ2n) is 5.19. The van der Waals surface area contributed by atoms with Crippen LogP contribution in [0.2, 0.25) is 0 Å². The number of nitrogens with zero attached hydrogens (tertiary/aromatic N) is 1. The molecular weight excluding hydrogens is 238 g/mol. The fourth-order valence-corrected chi connectivity index (χ4v) is 2.52. The molecule has 1 aliphatic rings. The van der Waals surface area contributed by atoms with Crippen LogP contribution in [0.5, 0.6) is 0 Å². The second-order valence-corrected chi connectivity index (χ2v) is 5.19. The molecule has 1 aromatic carbocycles. The Kier molecular flexibility index (Phi) is 4.93. The zero-order chi connectivity index (χ0) is 13.7. The highest BCUT2D eigenvalue weighted by molar-refractivity contribution is 5.81. The molecule has 3 N–H and O–H groups in total. The normalized spacial score (nSPS) is 20.9. The predicted octanol–water partition coefficient (Wildman–Crippen LogP) is 1.03. The standard InChI is InChI=1S/C15H23N3O/c1-12-3-5-13(6-4-12)11-18-10-2-9-17-15(19)14(18)7-8-16/h3-6,14H,2,7-11,16H2,1H3,(H,17,19). The molecule has 0 aromatic heterocycles. The van der Waals surface area contributed by atoms with Gasteiger partial charge >= 0.3 is 0 Å². The van der Waals surface area contributed by atoms with Crippen LogP contribution in [0.4, 0.5) is 0 Å². The Morgan fingerprint density at radius 1 is 1.37 bits per heavy atom. The van der Waals surface area contributed by atoms with E-state index in [1.807, 2.05) is 0 Å². The van der Waals surface area contributed by atoms with Crippen LogP contribution in [-0.4, -0.2) is 36.5 Å². The van der Waals surface area contributed by atoms with Gasteiger partial charge in [-0.05, 0) is 31.9 Å². The van der Waals surface area contributed by atoms with Gasteiger partial charge in [-0.3, -0.25) is 9.69 Å². The summed E-state index contributed by atoms with van der Waals surface area (Å²) in [5.74, 6) is 0.120. The van der Waals surface area contributed by atoms with Crippen molar-refractivity contribution in [2.75, 3.05) is 19.6 Å². The molecule has 0 spiro atoms. The lowest BCUT2D eigenvalue weighted by Crippen LogP contribution is -2.44. The van der Waals surface area contributed by atoms with Crippen LogP contribution in [0, 0.1) is 6.92 Å². The molecule has 4 heteroatoms. The zero-order valence-corrected chi connectivity index (χ0v) is 11.6. The van der Waals surface area contributed by atoms with Crippen molar-refractivity contribution in [1.82, 2.24) is 10.2 Å². The number of carbonyl (C=O) groups excluding carboxylic acids is 1. The summed E-state index contributed by atoms with van der Waals surface area (Å²) in [6.45, 7) is 5.16. The van der Waals surface area contributed by atoms with E-state index < -0.39 is 0 Å². The van der Waals surface area contributed by atoms with Crippen LogP contribution in [0.25, 0.3) is 0 Å². The van der Waals surface area contributed by atoms with Gasteiger partial charge in [0.25, 0.3) is 0 Å². The van der Waals surface area contributed by atoms with Crippen molar-refractivity contribution in [1.29, 1.82) is 0 Å². The van der Waals surface area contributed by atoms with Gasteiger partial charge in [0.2, 0.25) is 5.91 Å². The summed E-state index contributed by atoms with van der Waals surface area (Å²) in [4.78, 5) is 14.3. The maximum Gasteiger partial charge on any atom is 0.237 e. The summed E-state index contributed by atoms with van der Waals surface area (Å²) in [5, 5.41) is 2.97. The van der Waals surface area contributed by atoms with Gasteiger partial charge in [-0.25, -0.2) is 0 Å². The average Bonchev–Trinajstić information content (AvgIpc) is 2.57. The third-order valence-corrected chi connectivity index (χ3v) is 3.61. The monoisotopic (exact) mass is 261 g/mol. The van der Waals surface area contributed by atoms with Crippen LogP contribution < -0.4 is 11.1 Å². The molecule has 19 heavy (non-hydrogen) atoms. The van der Waals surface area contributed by atoms with Gasteiger partial charge in [0.1, 0.15) is 0 Å². The lowest BCUT2D eigenvalue weighted by Gasteiger charge is -2.28. The highest BCUT2D eigenvalue weighted by atomic mass is 16.2. The average molecular weight is 261 g/mol. The molecule has 0 radical (unpaired) electrons. The van der Waals surface area contributed by atoms with Crippen LogP contribution in [0.15, 0.2) is 24.3 Å². The van der Waals surface area contributed by atoms with Gasteiger partial charge in [-0.2, -0.15) is 0 Å². The van der Waals surface area contributed by atoms with E-state index in [0.717, 1.165) is 32.5 Å². The zero-order valence-electron chi connectivity index (χ0n) is 11.6. The highest BCUT2D eigenvalue weighted by Crippen LogP contribution is 2.14. The van der Waals surface area contributed by atoms with E-state index in [9.17, 15) is 4.79 Å². The SMILES string of the molecule is Cc1ccc(CN2CCCNC(=O)C2CCN)cc1. The van der Waals surface area contributed by atoms with Crippen LogP contribution in [-0.2, 0) is 11.3 Å². The van der Waals surface area contributed by atoms with Crippen molar-refractivity contribution in [3.8, 4) is 0 Å². The van der Waals surface area contributed by atoms with Crippen LogP contribution >= 0.6 is 0 Å². The molecule has 1 aliphatic heterocycles.